The first kappa shape index (κ1) is 8.76. The smallest absolute Gasteiger partial charge is 0.225 e. The van der Waals surface area contributed by atoms with Gasteiger partial charge in [0.2, 0.25) is 5.24 Å². The maximum absolute atomic E-state index is 11.0. The van der Waals surface area contributed by atoms with E-state index in [1.54, 1.807) is 0 Å². The van der Waals surface area contributed by atoms with Crippen molar-refractivity contribution >= 4 is 16.8 Å². The van der Waals surface area contributed by atoms with Gasteiger partial charge in [-0.05, 0) is 23.6 Å². The van der Waals surface area contributed by atoms with Gasteiger partial charge in [0.05, 0.1) is 0 Å². The molecule has 0 radical (unpaired) electrons. The average molecular weight is 195 g/mol. The monoisotopic (exact) mass is 194 g/mol. The Morgan fingerprint density at radius 3 is 2.54 bits per heavy atom. The summed E-state index contributed by atoms with van der Waals surface area (Å²) in [5.41, 5.74) is 1.22. The van der Waals surface area contributed by atoms with Crippen LogP contribution in [-0.2, 0) is 10.2 Å². The fourth-order valence-corrected chi connectivity index (χ4v) is 2.15. The molecule has 2 atom stereocenters. The van der Waals surface area contributed by atoms with Crippen LogP contribution in [0.4, 0.5) is 0 Å². The molecule has 1 aliphatic rings. The number of benzene rings is 1. The number of hydrogen-bond acceptors (Lipinski definition) is 1. The zero-order chi connectivity index (χ0) is 9.47. The van der Waals surface area contributed by atoms with Gasteiger partial charge < -0.3 is 0 Å². The Kier molecular flexibility index (Phi) is 1.92. The lowest BCUT2D eigenvalue weighted by atomic mass is 9.96. The van der Waals surface area contributed by atoms with Crippen molar-refractivity contribution in [3.8, 4) is 0 Å². The molecule has 1 saturated carbocycles. The summed E-state index contributed by atoms with van der Waals surface area (Å²) in [5.74, 6) is 0.0246. The second-order valence-electron chi connectivity index (χ2n) is 3.84. The Labute approximate surface area is 82.7 Å². The molecule has 0 aliphatic heterocycles. The molecular formula is C11H11ClO. The summed E-state index contributed by atoms with van der Waals surface area (Å²) < 4.78 is 0. The van der Waals surface area contributed by atoms with Crippen molar-refractivity contribution in [2.24, 2.45) is 5.92 Å². The van der Waals surface area contributed by atoms with Gasteiger partial charge in [0.25, 0.3) is 0 Å². The van der Waals surface area contributed by atoms with Crippen molar-refractivity contribution in [1.29, 1.82) is 0 Å². The van der Waals surface area contributed by atoms with Crippen LogP contribution in [0.3, 0.4) is 0 Å². The van der Waals surface area contributed by atoms with Crippen molar-refractivity contribution < 1.29 is 4.79 Å². The molecule has 1 fully saturated rings. The average Bonchev–Trinajstić information content (AvgIpc) is 2.82. The summed E-state index contributed by atoms with van der Waals surface area (Å²) in [4.78, 5) is 11.0. The van der Waals surface area contributed by atoms with Crippen LogP contribution in [0.2, 0.25) is 0 Å². The second kappa shape index (κ2) is 2.85. The number of carbonyl (C=O) groups is 1. The first-order valence-electron chi connectivity index (χ1n) is 4.39. The quantitative estimate of drug-likeness (QED) is 0.662. The molecular weight excluding hydrogens is 184 g/mol. The SMILES string of the molecule is C[C@@]1(c2ccccc2)C[C@H]1C(=O)Cl. The predicted molar refractivity (Wildman–Crippen MR) is 52.8 cm³/mol. The summed E-state index contributed by atoms with van der Waals surface area (Å²) in [6.45, 7) is 2.09. The maximum Gasteiger partial charge on any atom is 0.225 e. The van der Waals surface area contributed by atoms with Crippen LogP contribution in [0.25, 0.3) is 0 Å². The third-order valence-corrected chi connectivity index (χ3v) is 3.21. The predicted octanol–water partition coefficient (Wildman–Crippen LogP) is 2.73. The lowest BCUT2D eigenvalue weighted by Crippen LogP contribution is -2.07. The molecule has 0 spiro atoms. The highest BCUT2D eigenvalue weighted by atomic mass is 35.5. The molecule has 1 aromatic carbocycles. The van der Waals surface area contributed by atoms with E-state index in [1.807, 2.05) is 18.2 Å². The lowest BCUT2D eigenvalue weighted by Gasteiger charge is -2.09. The summed E-state index contributed by atoms with van der Waals surface area (Å²) in [7, 11) is 0. The van der Waals surface area contributed by atoms with Gasteiger partial charge in [0.15, 0.2) is 0 Å². The minimum Gasteiger partial charge on any atom is -0.281 e. The molecule has 2 rings (SSSR count). The fourth-order valence-electron chi connectivity index (χ4n) is 1.83. The van der Waals surface area contributed by atoms with Crippen LogP contribution < -0.4 is 0 Å². The highest BCUT2D eigenvalue weighted by Gasteiger charge is 2.54. The normalized spacial score (nSPS) is 31.4. The number of carbonyl (C=O) groups excluding carboxylic acids is 1. The van der Waals surface area contributed by atoms with Crippen molar-refractivity contribution in [2.75, 3.05) is 0 Å². The van der Waals surface area contributed by atoms with E-state index in [0.29, 0.717) is 0 Å². The van der Waals surface area contributed by atoms with E-state index in [-0.39, 0.29) is 16.6 Å². The van der Waals surface area contributed by atoms with Crippen molar-refractivity contribution in [3.63, 3.8) is 0 Å². The Morgan fingerprint density at radius 2 is 2.08 bits per heavy atom. The van der Waals surface area contributed by atoms with Crippen LogP contribution in [0.5, 0.6) is 0 Å². The van der Waals surface area contributed by atoms with Crippen LogP contribution in [0.1, 0.15) is 18.9 Å². The Bertz CT molecular complexity index is 333. The molecule has 0 aromatic heterocycles. The van der Waals surface area contributed by atoms with E-state index < -0.39 is 0 Å². The van der Waals surface area contributed by atoms with E-state index >= 15 is 0 Å². The fraction of sp³-hybridized carbons (Fsp3) is 0.364. The van der Waals surface area contributed by atoms with Gasteiger partial charge in [-0.15, -0.1) is 0 Å². The standard InChI is InChI=1S/C11H11ClO/c1-11(7-9(11)10(12)13)8-5-3-2-4-6-8/h2-6,9H,7H2,1H3/t9-,11-/m0/s1. The number of rotatable bonds is 2. The van der Waals surface area contributed by atoms with E-state index in [9.17, 15) is 4.79 Å². The first-order chi connectivity index (χ1) is 6.14. The van der Waals surface area contributed by atoms with E-state index in [4.69, 9.17) is 11.6 Å². The molecule has 0 heterocycles. The lowest BCUT2D eigenvalue weighted by molar-refractivity contribution is -0.113. The molecule has 1 aromatic rings. The summed E-state index contributed by atoms with van der Waals surface area (Å²) in [5, 5.41) is -0.202. The van der Waals surface area contributed by atoms with Gasteiger partial charge in [-0.1, -0.05) is 37.3 Å². The van der Waals surface area contributed by atoms with Crippen LogP contribution in [-0.4, -0.2) is 5.24 Å². The molecule has 68 valence electrons. The van der Waals surface area contributed by atoms with Crippen LogP contribution in [0.15, 0.2) is 30.3 Å². The van der Waals surface area contributed by atoms with Crippen molar-refractivity contribution in [1.82, 2.24) is 0 Å². The van der Waals surface area contributed by atoms with Gasteiger partial charge in [-0.3, -0.25) is 4.79 Å². The Balaban J connectivity index is 2.25. The molecule has 1 nitrogen and oxygen atoms in total. The highest BCUT2D eigenvalue weighted by molar-refractivity contribution is 6.64. The zero-order valence-corrected chi connectivity index (χ0v) is 8.21. The van der Waals surface area contributed by atoms with Crippen molar-refractivity contribution in [2.45, 2.75) is 18.8 Å². The molecule has 0 bridgehead atoms. The Morgan fingerprint density at radius 1 is 1.46 bits per heavy atom. The molecule has 0 N–H and O–H groups in total. The van der Waals surface area contributed by atoms with Crippen LogP contribution >= 0.6 is 11.6 Å². The second-order valence-corrected chi connectivity index (χ2v) is 4.22. The van der Waals surface area contributed by atoms with E-state index in [0.717, 1.165) is 6.42 Å². The van der Waals surface area contributed by atoms with Gasteiger partial charge in [-0.2, -0.15) is 0 Å². The topological polar surface area (TPSA) is 17.1 Å². The zero-order valence-electron chi connectivity index (χ0n) is 7.46. The van der Waals surface area contributed by atoms with Gasteiger partial charge in [0, 0.05) is 11.3 Å². The largest absolute Gasteiger partial charge is 0.281 e. The third kappa shape index (κ3) is 1.37. The van der Waals surface area contributed by atoms with Crippen molar-refractivity contribution in [3.05, 3.63) is 35.9 Å². The summed E-state index contributed by atoms with van der Waals surface area (Å²) in [6.07, 6.45) is 0.888. The minimum absolute atomic E-state index is 0.0000926. The van der Waals surface area contributed by atoms with E-state index in [2.05, 4.69) is 19.1 Å². The molecule has 0 unspecified atom stereocenters. The third-order valence-electron chi connectivity index (χ3n) is 2.94. The molecule has 2 heteroatoms. The van der Waals surface area contributed by atoms with Gasteiger partial charge >= 0.3 is 0 Å². The molecule has 13 heavy (non-hydrogen) atoms. The molecule has 0 amide bonds. The minimum atomic E-state index is -0.202. The van der Waals surface area contributed by atoms with Gasteiger partial charge in [-0.25, -0.2) is 0 Å². The number of hydrogen-bond donors (Lipinski definition) is 0. The maximum atomic E-state index is 11.0. The summed E-state index contributed by atoms with van der Waals surface area (Å²) in [6, 6.07) is 10.1. The molecule has 1 aliphatic carbocycles. The molecule has 0 saturated heterocycles. The first-order valence-corrected chi connectivity index (χ1v) is 4.77. The van der Waals surface area contributed by atoms with E-state index in [1.165, 1.54) is 5.56 Å². The van der Waals surface area contributed by atoms with Crippen LogP contribution in [0, 0.1) is 5.92 Å². The number of halogens is 1. The Hall–Kier alpha value is -0.820. The highest BCUT2D eigenvalue weighted by Crippen LogP contribution is 2.54. The van der Waals surface area contributed by atoms with Gasteiger partial charge in [0.1, 0.15) is 0 Å². The summed E-state index contributed by atoms with van der Waals surface area (Å²) >= 11 is 5.47.